The lowest BCUT2D eigenvalue weighted by Crippen LogP contribution is -2.55. The molecule has 0 spiro atoms. The SMILES string of the molecule is C=CC(=O)N1CCC(C(=O)N2CCCC(CCNC(C)=O)C2)(c2ccccc2)CC1. The van der Waals surface area contributed by atoms with Crippen molar-refractivity contribution in [1.82, 2.24) is 15.1 Å². The van der Waals surface area contributed by atoms with Crippen molar-refractivity contribution in [3.05, 3.63) is 48.6 Å². The highest BCUT2D eigenvalue weighted by Crippen LogP contribution is 2.38. The van der Waals surface area contributed by atoms with Crippen LogP contribution < -0.4 is 5.32 Å². The molecule has 1 aromatic carbocycles. The topological polar surface area (TPSA) is 69.7 Å². The maximum atomic E-state index is 13.9. The number of amides is 3. The summed E-state index contributed by atoms with van der Waals surface area (Å²) in [5.74, 6) is 0.510. The molecular formula is C24H33N3O3. The molecule has 0 bridgehead atoms. The summed E-state index contributed by atoms with van der Waals surface area (Å²) >= 11 is 0. The second-order valence-corrected chi connectivity index (χ2v) is 8.51. The van der Waals surface area contributed by atoms with Crippen molar-refractivity contribution in [2.45, 2.75) is 44.4 Å². The molecule has 1 aromatic rings. The number of hydrogen-bond donors (Lipinski definition) is 1. The number of hydrogen-bond acceptors (Lipinski definition) is 3. The molecule has 2 saturated heterocycles. The summed E-state index contributed by atoms with van der Waals surface area (Å²) in [6.45, 7) is 8.42. The van der Waals surface area contributed by atoms with Gasteiger partial charge in [-0.2, -0.15) is 0 Å². The van der Waals surface area contributed by atoms with Crippen LogP contribution >= 0.6 is 0 Å². The zero-order valence-corrected chi connectivity index (χ0v) is 17.9. The maximum Gasteiger partial charge on any atom is 0.245 e. The Morgan fingerprint density at radius 1 is 1.13 bits per heavy atom. The molecule has 1 unspecified atom stereocenters. The largest absolute Gasteiger partial charge is 0.356 e. The fourth-order valence-electron chi connectivity index (χ4n) is 4.86. The highest BCUT2D eigenvalue weighted by Gasteiger charge is 2.46. The van der Waals surface area contributed by atoms with Crippen LogP contribution in [0.1, 0.15) is 44.6 Å². The summed E-state index contributed by atoms with van der Waals surface area (Å²) in [4.78, 5) is 40.9. The molecule has 1 atom stereocenters. The lowest BCUT2D eigenvalue weighted by molar-refractivity contribution is -0.143. The minimum absolute atomic E-state index is 0.0115. The fraction of sp³-hybridized carbons (Fsp3) is 0.542. The number of nitrogens with zero attached hydrogens (tertiary/aromatic N) is 2. The molecule has 2 fully saturated rings. The average molecular weight is 412 g/mol. The first kappa shape index (κ1) is 22.1. The quantitative estimate of drug-likeness (QED) is 0.731. The third-order valence-electron chi connectivity index (χ3n) is 6.57. The number of likely N-dealkylation sites (tertiary alicyclic amines) is 2. The van der Waals surface area contributed by atoms with Gasteiger partial charge < -0.3 is 15.1 Å². The molecule has 0 radical (unpaired) electrons. The molecule has 2 heterocycles. The molecular weight excluding hydrogens is 378 g/mol. The van der Waals surface area contributed by atoms with Crippen LogP contribution in [0.15, 0.2) is 43.0 Å². The van der Waals surface area contributed by atoms with E-state index in [0.29, 0.717) is 38.4 Å². The van der Waals surface area contributed by atoms with E-state index in [1.807, 2.05) is 35.2 Å². The van der Waals surface area contributed by atoms with E-state index in [-0.39, 0.29) is 17.7 Å². The van der Waals surface area contributed by atoms with Crippen molar-refractivity contribution in [3.8, 4) is 0 Å². The third kappa shape index (κ3) is 4.91. The standard InChI is InChI=1S/C24H33N3O3/c1-3-22(29)26-16-12-24(13-17-26,21-9-5-4-6-10-21)23(30)27-15-7-8-20(18-27)11-14-25-19(2)28/h3-6,9-10,20H,1,7-8,11-18H2,2H3,(H,25,28). The van der Waals surface area contributed by atoms with Gasteiger partial charge in [-0.25, -0.2) is 0 Å². The second-order valence-electron chi connectivity index (χ2n) is 8.51. The van der Waals surface area contributed by atoms with E-state index in [0.717, 1.165) is 37.9 Å². The summed E-state index contributed by atoms with van der Waals surface area (Å²) in [7, 11) is 0. The molecule has 1 N–H and O–H groups in total. The number of carbonyl (C=O) groups is 3. The van der Waals surface area contributed by atoms with Gasteiger partial charge in [-0.3, -0.25) is 14.4 Å². The molecule has 162 valence electrons. The van der Waals surface area contributed by atoms with Crippen molar-refractivity contribution in [2.75, 3.05) is 32.7 Å². The van der Waals surface area contributed by atoms with E-state index in [1.165, 1.54) is 13.0 Å². The summed E-state index contributed by atoms with van der Waals surface area (Å²) < 4.78 is 0. The first-order valence-corrected chi connectivity index (χ1v) is 11.0. The van der Waals surface area contributed by atoms with Crippen LogP contribution in [-0.2, 0) is 19.8 Å². The Morgan fingerprint density at radius 3 is 2.47 bits per heavy atom. The normalized spacial score (nSPS) is 21.0. The van der Waals surface area contributed by atoms with Gasteiger partial charge in [0.2, 0.25) is 17.7 Å². The van der Waals surface area contributed by atoms with Crippen LogP contribution in [0.4, 0.5) is 0 Å². The highest BCUT2D eigenvalue weighted by atomic mass is 16.2. The Labute approximate surface area is 179 Å². The molecule has 6 nitrogen and oxygen atoms in total. The molecule has 6 heteroatoms. The van der Waals surface area contributed by atoms with Crippen LogP contribution in [0.5, 0.6) is 0 Å². The monoisotopic (exact) mass is 411 g/mol. The molecule has 30 heavy (non-hydrogen) atoms. The number of nitrogens with one attached hydrogen (secondary N) is 1. The summed E-state index contributed by atoms with van der Waals surface area (Å²) in [6, 6.07) is 10.0. The minimum Gasteiger partial charge on any atom is -0.356 e. The Balaban J connectivity index is 1.75. The van der Waals surface area contributed by atoms with Gasteiger partial charge in [-0.15, -0.1) is 0 Å². The maximum absolute atomic E-state index is 13.9. The summed E-state index contributed by atoms with van der Waals surface area (Å²) in [5, 5.41) is 2.87. The number of benzene rings is 1. The summed E-state index contributed by atoms with van der Waals surface area (Å²) in [6.07, 6.45) is 5.57. The smallest absolute Gasteiger partial charge is 0.245 e. The highest BCUT2D eigenvalue weighted by molar-refractivity contribution is 5.90. The zero-order chi connectivity index (χ0) is 21.6. The van der Waals surface area contributed by atoms with Crippen LogP contribution in [0, 0.1) is 5.92 Å². The Kier molecular flexibility index (Phi) is 7.29. The van der Waals surface area contributed by atoms with E-state index in [4.69, 9.17) is 0 Å². The van der Waals surface area contributed by atoms with E-state index in [9.17, 15) is 14.4 Å². The minimum atomic E-state index is -0.585. The van der Waals surface area contributed by atoms with Gasteiger partial charge in [0, 0.05) is 39.6 Å². The summed E-state index contributed by atoms with van der Waals surface area (Å²) in [5.41, 5.74) is 0.458. The predicted octanol–water partition coefficient (Wildman–Crippen LogP) is 2.50. The Bertz CT molecular complexity index is 769. The lowest BCUT2D eigenvalue weighted by Gasteiger charge is -2.45. The van der Waals surface area contributed by atoms with Crippen molar-refractivity contribution < 1.29 is 14.4 Å². The van der Waals surface area contributed by atoms with Crippen molar-refractivity contribution in [2.24, 2.45) is 5.92 Å². The van der Waals surface area contributed by atoms with E-state index < -0.39 is 5.41 Å². The molecule has 2 aliphatic rings. The zero-order valence-electron chi connectivity index (χ0n) is 17.9. The molecule has 0 aromatic heterocycles. The van der Waals surface area contributed by atoms with Gasteiger partial charge in [0.1, 0.15) is 0 Å². The number of carbonyl (C=O) groups excluding carboxylic acids is 3. The van der Waals surface area contributed by atoms with Gasteiger partial charge in [0.25, 0.3) is 0 Å². The molecule has 0 saturated carbocycles. The predicted molar refractivity (Wildman–Crippen MR) is 117 cm³/mol. The van der Waals surface area contributed by atoms with Crippen molar-refractivity contribution >= 4 is 17.7 Å². The second kappa shape index (κ2) is 9.92. The Hall–Kier alpha value is -2.63. The lowest BCUT2D eigenvalue weighted by atomic mass is 9.71. The first-order chi connectivity index (χ1) is 14.5. The molecule has 2 aliphatic heterocycles. The van der Waals surface area contributed by atoms with E-state index in [2.05, 4.69) is 11.9 Å². The first-order valence-electron chi connectivity index (χ1n) is 11.0. The third-order valence-corrected chi connectivity index (χ3v) is 6.57. The average Bonchev–Trinajstić information content (AvgIpc) is 2.78. The van der Waals surface area contributed by atoms with Gasteiger partial charge in [0.05, 0.1) is 5.41 Å². The van der Waals surface area contributed by atoms with E-state index >= 15 is 0 Å². The molecule has 3 amide bonds. The molecule has 0 aliphatic carbocycles. The van der Waals surface area contributed by atoms with Crippen molar-refractivity contribution in [1.29, 1.82) is 0 Å². The van der Waals surface area contributed by atoms with Crippen molar-refractivity contribution in [3.63, 3.8) is 0 Å². The van der Waals surface area contributed by atoms with Gasteiger partial charge in [-0.05, 0) is 49.7 Å². The Morgan fingerprint density at radius 2 is 1.83 bits per heavy atom. The molecule has 3 rings (SSSR count). The fourth-order valence-corrected chi connectivity index (χ4v) is 4.86. The number of rotatable bonds is 6. The van der Waals surface area contributed by atoms with E-state index in [1.54, 1.807) is 4.90 Å². The van der Waals surface area contributed by atoms with Crippen LogP contribution in [0.3, 0.4) is 0 Å². The van der Waals surface area contributed by atoms with Gasteiger partial charge >= 0.3 is 0 Å². The van der Waals surface area contributed by atoms with Gasteiger partial charge in [0.15, 0.2) is 0 Å². The van der Waals surface area contributed by atoms with Crippen LogP contribution in [0.2, 0.25) is 0 Å². The van der Waals surface area contributed by atoms with Crippen LogP contribution in [-0.4, -0.2) is 60.2 Å². The van der Waals surface area contributed by atoms with Gasteiger partial charge in [-0.1, -0.05) is 36.9 Å². The number of piperidine rings is 2. The van der Waals surface area contributed by atoms with Crippen LogP contribution in [0.25, 0.3) is 0 Å².